The first-order valence-corrected chi connectivity index (χ1v) is 7.62. The Bertz CT molecular complexity index is 683. The molecule has 2 rings (SSSR count). The number of likely N-dealkylation sites (N-methyl/N-ethyl adjacent to an activating group) is 1. The van der Waals surface area contributed by atoms with E-state index in [1.807, 2.05) is 0 Å². The molecular weight excluding hydrogens is 296 g/mol. The van der Waals surface area contributed by atoms with Crippen molar-refractivity contribution in [3.8, 4) is 6.07 Å². The highest BCUT2D eigenvalue weighted by Crippen LogP contribution is 2.22. The maximum Gasteiger partial charge on any atom is 0.246 e. The van der Waals surface area contributed by atoms with Crippen LogP contribution in [0.25, 0.3) is 0 Å². The number of nitriles is 1. The quantitative estimate of drug-likeness (QED) is 0.773. The molecule has 1 saturated heterocycles. The molecule has 1 fully saturated rings. The minimum absolute atomic E-state index is 0.0267. The first kappa shape index (κ1) is 15.4. The van der Waals surface area contributed by atoms with Crippen molar-refractivity contribution in [1.82, 2.24) is 14.6 Å². The largest absolute Gasteiger partial charge is 0.378 e. The summed E-state index contributed by atoms with van der Waals surface area (Å²) >= 11 is 0. The Labute approximate surface area is 122 Å². The van der Waals surface area contributed by atoms with Crippen LogP contribution in [0.5, 0.6) is 0 Å². The smallest absolute Gasteiger partial charge is 0.246 e. The Morgan fingerprint density at radius 2 is 2.38 bits per heavy atom. The van der Waals surface area contributed by atoms with Crippen LogP contribution in [0.2, 0.25) is 0 Å². The number of pyridine rings is 1. The molecule has 0 saturated carbocycles. The van der Waals surface area contributed by atoms with E-state index in [2.05, 4.69) is 10.3 Å². The maximum atomic E-state index is 12.7. The average molecular weight is 310 g/mol. The molecular formula is C12H14N4O4S. The van der Waals surface area contributed by atoms with Gasteiger partial charge in [0.1, 0.15) is 17.0 Å². The van der Waals surface area contributed by atoms with Crippen LogP contribution in [-0.4, -0.2) is 56.5 Å². The SMILES string of the molecule is CNC(=O)C1COCCN1S(=O)(=O)c1cccnc1C#N. The summed E-state index contributed by atoms with van der Waals surface area (Å²) < 4.78 is 31.6. The predicted octanol–water partition coefficient (Wildman–Crippen LogP) is -0.911. The lowest BCUT2D eigenvalue weighted by Crippen LogP contribution is -2.55. The molecule has 9 heteroatoms. The van der Waals surface area contributed by atoms with Gasteiger partial charge >= 0.3 is 0 Å². The Morgan fingerprint density at radius 3 is 3.05 bits per heavy atom. The lowest BCUT2D eigenvalue weighted by atomic mass is 10.2. The van der Waals surface area contributed by atoms with E-state index in [9.17, 15) is 13.2 Å². The summed E-state index contributed by atoms with van der Waals surface area (Å²) in [5, 5.41) is 11.4. The van der Waals surface area contributed by atoms with Crippen LogP contribution in [0.4, 0.5) is 0 Å². The van der Waals surface area contributed by atoms with Gasteiger partial charge in [-0.3, -0.25) is 4.79 Å². The molecule has 0 aromatic carbocycles. The van der Waals surface area contributed by atoms with Crippen molar-refractivity contribution < 1.29 is 17.9 Å². The van der Waals surface area contributed by atoms with Crippen LogP contribution in [0.3, 0.4) is 0 Å². The fourth-order valence-electron chi connectivity index (χ4n) is 2.06. The van der Waals surface area contributed by atoms with Gasteiger partial charge in [0.2, 0.25) is 15.9 Å². The number of amides is 1. The number of morpholine rings is 1. The molecule has 1 aromatic rings. The van der Waals surface area contributed by atoms with Gasteiger partial charge in [-0.1, -0.05) is 0 Å². The lowest BCUT2D eigenvalue weighted by molar-refractivity contribution is -0.128. The minimum Gasteiger partial charge on any atom is -0.378 e. The van der Waals surface area contributed by atoms with Crippen molar-refractivity contribution in [2.24, 2.45) is 0 Å². The summed E-state index contributed by atoms with van der Waals surface area (Å²) in [6.45, 7) is 0.204. The van der Waals surface area contributed by atoms with Crippen LogP contribution in [-0.2, 0) is 19.6 Å². The summed E-state index contributed by atoms with van der Waals surface area (Å²) in [6, 6.07) is 3.53. The normalized spacial score (nSPS) is 19.7. The fourth-order valence-corrected chi connectivity index (χ4v) is 3.71. The Balaban J connectivity index is 2.46. The van der Waals surface area contributed by atoms with Gasteiger partial charge in [0.05, 0.1) is 13.2 Å². The monoisotopic (exact) mass is 310 g/mol. The summed E-state index contributed by atoms with van der Waals surface area (Å²) in [6.07, 6.45) is 1.34. The van der Waals surface area contributed by atoms with Crippen LogP contribution < -0.4 is 5.32 Å². The van der Waals surface area contributed by atoms with E-state index in [0.29, 0.717) is 0 Å². The fraction of sp³-hybridized carbons (Fsp3) is 0.417. The molecule has 1 aliphatic heterocycles. The number of sulfonamides is 1. The number of nitrogens with zero attached hydrogens (tertiary/aromatic N) is 3. The topological polar surface area (TPSA) is 112 Å². The highest BCUT2D eigenvalue weighted by molar-refractivity contribution is 7.89. The first-order chi connectivity index (χ1) is 10.0. The van der Waals surface area contributed by atoms with Gasteiger partial charge in [-0.05, 0) is 12.1 Å². The second-order valence-electron chi connectivity index (χ2n) is 4.28. The van der Waals surface area contributed by atoms with Crippen molar-refractivity contribution >= 4 is 15.9 Å². The van der Waals surface area contributed by atoms with Gasteiger partial charge in [0.15, 0.2) is 5.69 Å². The number of carbonyl (C=O) groups is 1. The van der Waals surface area contributed by atoms with E-state index in [4.69, 9.17) is 10.00 Å². The number of nitrogens with one attached hydrogen (secondary N) is 1. The van der Waals surface area contributed by atoms with E-state index in [0.717, 1.165) is 4.31 Å². The molecule has 0 bridgehead atoms. The molecule has 1 aliphatic rings. The zero-order chi connectivity index (χ0) is 15.5. The van der Waals surface area contributed by atoms with Gasteiger partial charge in [-0.2, -0.15) is 9.57 Å². The third kappa shape index (κ3) is 2.87. The molecule has 1 amide bonds. The summed E-state index contributed by atoms with van der Waals surface area (Å²) in [5.74, 6) is -0.458. The number of rotatable bonds is 3. The molecule has 1 N–H and O–H groups in total. The minimum atomic E-state index is -4.00. The second-order valence-corrected chi connectivity index (χ2v) is 6.14. The van der Waals surface area contributed by atoms with E-state index < -0.39 is 22.0 Å². The number of hydrogen-bond acceptors (Lipinski definition) is 6. The van der Waals surface area contributed by atoms with E-state index in [1.54, 1.807) is 6.07 Å². The Hall–Kier alpha value is -2.02. The Morgan fingerprint density at radius 1 is 1.62 bits per heavy atom. The molecule has 1 unspecified atom stereocenters. The van der Waals surface area contributed by atoms with Gasteiger partial charge in [0, 0.05) is 19.8 Å². The summed E-state index contributed by atoms with van der Waals surface area (Å²) in [7, 11) is -2.58. The number of carbonyl (C=O) groups excluding carboxylic acids is 1. The molecule has 0 radical (unpaired) electrons. The zero-order valence-corrected chi connectivity index (χ0v) is 12.1. The highest BCUT2D eigenvalue weighted by Gasteiger charge is 2.39. The Kier molecular flexibility index (Phi) is 4.52. The van der Waals surface area contributed by atoms with Gasteiger partial charge in [-0.25, -0.2) is 13.4 Å². The molecule has 2 heterocycles. The molecule has 8 nitrogen and oxygen atoms in total. The summed E-state index contributed by atoms with van der Waals surface area (Å²) in [5.41, 5.74) is -0.195. The lowest BCUT2D eigenvalue weighted by Gasteiger charge is -2.33. The highest BCUT2D eigenvalue weighted by atomic mass is 32.2. The van der Waals surface area contributed by atoms with Crippen molar-refractivity contribution in [1.29, 1.82) is 5.26 Å². The van der Waals surface area contributed by atoms with Gasteiger partial charge in [-0.15, -0.1) is 0 Å². The number of hydrogen-bond donors (Lipinski definition) is 1. The average Bonchev–Trinajstić information content (AvgIpc) is 2.54. The molecule has 1 atom stereocenters. The van der Waals surface area contributed by atoms with Crippen LogP contribution in [0.15, 0.2) is 23.2 Å². The van der Waals surface area contributed by atoms with E-state index in [1.165, 1.54) is 25.4 Å². The molecule has 112 valence electrons. The van der Waals surface area contributed by atoms with Gasteiger partial charge in [0.25, 0.3) is 0 Å². The van der Waals surface area contributed by atoms with Crippen LogP contribution >= 0.6 is 0 Å². The van der Waals surface area contributed by atoms with Crippen molar-refractivity contribution in [3.63, 3.8) is 0 Å². The predicted molar refractivity (Wildman–Crippen MR) is 71.5 cm³/mol. The third-order valence-corrected chi connectivity index (χ3v) is 5.03. The number of aromatic nitrogens is 1. The van der Waals surface area contributed by atoms with Crippen molar-refractivity contribution in [2.45, 2.75) is 10.9 Å². The second kappa shape index (κ2) is 6.17. The maximum absolute atomic E-state index is 12.7. The van der Waals surface area contributed by atoms with E-state index in [-0.39, 0.29) is 30.3 Å². The molecule has 21 heavy (non-hydrogen) atoms. The third-order valence-electron chi connectivity index (χ3n) is 3.09. The zero-order valence-electron chi connectivity index (χ0n) is 11.3. The van der Waals surface area contributed by atoms with Crippen LogP contribution in [0.1, 0.15) is 5.69 Å². The summed E-state index contributed by atoms with van der Waals surface area (Å²) in [4.78, 5) is 15.4. The van der Waals surface area contributed by atoms with E-state index >= 15 is 0 Å². The van der Waals surface area contributed by atoms with Gasteiger partial charge < -0.3 is 10.1 Å². The number of ether oxygens (including phenoxy) is 1. The molecule has 1 aromatic heterocycles. The standard InChI is InChI=1S/C12H14N4O4S/c1-14-12(17)10-8-20-6-5-16(10)21(18,19)11-3-2-4-15-9(11)7-13/h2-4,10H,5-6,8H2,1H3,(H,14,17). The first-order valence-electron chi connectivity index (χ1n) is 6.18. The van der Waals surface area contributed by atoms with Crippen molar-refractivity contribution in [2.75, 3.05) is 26.8 Å². The van der Waals surface area contributed by atoms with Crippen LogP contribution in [0, 0.1) is 11.3 Å². The van der Waals surface area contributed by atoms with Crippen molar-refractivity contribution in [3.05, 3.63) is 24.0 Å². The molecule has 0 spiro atoms. The molecule has 0 aliphatic carbocycles.